The molecule has 1 aromatic heterocycles. The molecule has 0 amide bonds. The summed E-state index contributed by atoms with van der Waals surface area (Å²) in [5.41, 5.74) is 2.36. The van der Waals surface area contributed by atoms with E-state index in [1.54, 1.807) is 24.3 Å². The van der Waals surface area contributed by atoms with Crippen molar-refractivity contribution < 1.29 is 14.3 Å². The molecule has 3 aromatic rings. The SMILES string of the molecule is O=Cc1cccc(OC(=O)Cc2c[nH]c3ccccc23)c1. The van der Waals surface area contributed by atoms with E-state index in [1.165, 1.54) is 0 Å². The van der Waals surface area contributed by atoms with Crippen molar-refractivity contribution in [1.29, 1.82) is 0 Å². The van der Waals surface area contributed by atoms with Crippen LogP contribution in [0.2, 0.25) is 0 Å². The normalized spacial score (nSPS) is 10.5. The first kappa shape index (κ1) is 13.1. The number of fused-ring (bicyclic) bond motifs is 1. The molecule has 0 radical (unpaired) electrons. The zero-order valence-corrected chi connectivity index (χ0v) is 11.2. The van der Waals surface area contributed by atoms with E-state index in [0.717, 1.165) is 22.8 Å². The number of carbonyl (C=O) groups is 2. The smallest absolute Gasteiger partial charge is 0.315 e. The number of nitrogens with one attached hydrogen (secondary N) is 1. The van der Waals surface area contributed by atoms with Gasteiger partial charge in [0.15, 0.2) is 0 Å². The van der Waals surface area contributed by atoms with Crippen molar-refractivity contribution in [1.82, 2.24) is 4.98 Å². The average molecular weight is 279 g/mol. The van der Waals surface area contributed by atoms with E-state index < -0.39 is 0 Å². The van der Waals surface area contributed by atoms with Gasteiger partial charge in [0.05, 0.1) is 6.42 Å². The van der Waals surface area contributed by atoms with Crippen LogP contribution in [-0.2, 0) is 11.2 Å². The maximum absolute atomic E-state index is 12.0. The van der Waals surface area contributed by atoms with Crippen molar-refractivity contribution in [3.63, 3.8) is 0 Å². The highest BCUT2D eigenvalue weighted by Crippen LogP contribution is 2.19. The lowest BCUT2D eigenvalue weighted by Gasteiger charge is -2.04. The average Bonchev–Trinajstić information content (AvgIpc) is 2.91. The van der Waals surface area contributed by atoms with Crippen LogP contribution in [-0.4, -0.2) is 17.2 Å². The van der Waals surface area contributed by atoms with E-state index >= 15 is 0 Å². The minimum Gasteiger partial charge on any atom is -0.426 e. The molecule has 3 rings (SSSR count). The topological polar surface area (TPSA) is 59.2 Å². The van der Waals surface area contributed by atoms with Crippen LogP contribution in [0.15, 0.2) is 54.7 Å². The Morgan fingerprint density at radius 3 is 2.86 bits per heavy atom. The molecule has 21 heavy (non-hydrogen) atoms. The predicted octanol–water partition coefficient (Wildman–Crippen LogP) is 3.13. The zero-order chi connectivity index (χ0) is 14.7. The van der Waals surface area contributed by atoms with Crippen LogP contribution in [0, 0.1) is 0 Å². The number of ether oxygens (including phenoxy) is 1. The van der Waals surface area contributed by atoms with Gasteiger partial charge >= 0.3 is 5.97 Å². The van der Waals surface area contributed by atoms with Gasteiger partial charge in [0.1, 0.15) is 12.0 Å². The molecule has 4 nitrogen and oxygen atoms in total. The van der Waals surface area contributed by atoms with E-state index in [2.05, 4.69) is 4.98 Å². The van der Waals surface area contributed by atoms with Crippen molar-refractivity contribution in [2.45, 2.75) is 6.42 Å². The summed E-state index contributed by atoms with van der Waals surface area (Å²) in [5, 5.41) is 1.01. The molecule has 104 valence electrons. The molecular weight excluding hydrogens is 266 g/mol. The second-order valence-electron chi connectivity index (χ2n) is 4.70. The molecule has 0 saturated heterocycles. The van der Waals surface area contributed by atoms with E-state index in [-0.39, 0.29) is 12.4 Å². The van der Waals surface area contributed by atoms with Crippen LogP contribution in [0.5, 0.6) is 5.75 Å². The van der Waals surface area contributed by atoms with Crippen LogP contribution >= 0.6 is 0 Å². The molecule has 0 fully saturated rings. The van der Waals surface area contributed by atoms with Gasteiger partial charge in [-0.15, -0.1) is 0 Å². The molecule has 0 spiro atoms. The molecule has 0 atom stereocenters. The lowest BCUT2D eigenvalue weighted by atomic mass is 10.1. The summed E-state index contributed by atoms with van der Waals surface area (Å²) >= 11 is 0. The van der Waals surface area contributed by atoms with E-state index in [1.807, 2.05) is 30.5 Å². The fourth-order valence-corrected chi connectivity index (χ4v) is 2.25. The maximum Gasteiger partial charge on any atom is 0.315 e. The van der Waals surface area contributed by atoms with Gasteiger partial charge in [-0.3, -0.25) is 9.59 Å². The molecule has 1 heterocycles. The van der Waals surface area contributed by atoms with Crippen LogP contribution in [0.3, 0.4) is 0 Å². The lowest BCUT2D eigenvalue weighted by molar-refractivity contribution is -0.133. The monoisotopic (exact) mass is 279 g/mol. The summed E-state index contributed by atoms with van der Waals surface area (Å²) in [7, 11) is 0. The third kappa shape index (κ3) is 2.84. The number of hydrogen-bond acceptors (Lipinski definition) is 3. The third-order valence-electron chi connectivity index (χ3n) is 3.24. The molecular formula is C17H13NO3. The van der Waals surface area contributed by atoms with Crippen molar-refractivity contribution >= 4 is 23.2 Å². The summed E-state index contributed by atoms with van der Waals surface area (Å²) in [4.78, 5) is 25.8. The van der Waals surface area contributed by atoms with Gasteiger partial charge < -0.3 is 9.72 Å². The zero-order valence-electron chi connectivity index (χ0n) is 11.2. The standard InChI is InChI=1S/C17H13NO3/c19-11-12-4-3-5-14(8-12)21-17(20)9-13-10-18-16-7-2-1-6-15(13)16/h1-8,10-11,18H,9H2. The number of benzene rings is 2. The lowest BCUT2D eigenvalue weighted by Crippen LogP contribution is -2.11. The molecule has 0 aliphatic heterocycles. The second-order valence-corrected chi connectivity index (χ2v) is 4.70. The van der Waals surface area contributed by atoms with Crippen LogP contribution in [0.1, 0.15) is 15.9 Å². The largest absolute Gasteiger partial charge is 0.426 e. The first-order chi connectivity index (χ1) is 10.3. The Morgan fingerprint density at radius 1 is 1.14 bits per heavy atom. The van der Waals surface area contributed by atoms with Gasteiger partial charge in [-0.05, 0) is 23.8 Å². The molecule has 0 saturated carbocycles. The molecule has 1 N–H and O–H groups in total. The number of aromatic amines is 1. The first-order valence-electron chi connectivity index (χ1n) is 6.57. The number of hydrogen-bond donors (Lipinski definition) is 1. The second kappa shape index (κ2) is 5.63. The summed E-state index contributed by atoms with van der Waals surface area (Å²) in [6, 6.07) is 14.3. The molecule has 2 aromatic carbocycles. The van der Waals surface area contributed by atoms with Gasteiger partial charge in [0.25, 0.3) is 0 Å². The van der Waals surface area contributed by atoms with Gasteiger partial charge in [-0.25, -0.2) is 0 Å². The van der Waals surface area contributed by atoms with Gasteiger partial charge in [0.2, 0.25) is 0 Å². The summed E-state index contributed by atoms with van der Waals surface area (Å²) < 4.78 is 5.27. The van der Waals surface area contributed by atoms with Crippen LogP contribution < -0.4 is 4.74 Å². The van der Waals surface area contributed by atoms with E-state index in [4.69, 9.17) is 4.74 Å². The maximum atomic E-state index is 12.0. The van der Waals surface area contributed by atoms with Crippen LogP contribution in [0.25, 0.3) is 10.9 Å². The number of para-hydroxylation sites is 1. The van der Waals surface area contributed by atoms with Crippen LogP contribution in [0.4, 0.5) is 0 Å². The van der Waals surface area contributed by atoms with Gasteiger partial charge in [-0.2, -0.15) is 0 Å². The number of esters is 1. The summed E-state index contributed by atoms with van der Waals surface area (Å²) in [5.74, 6) is 0.0206. The minimum atomic E-state index is -0.359. The highest BCUT2D eigenvalue weighted by Gasteiger charge is 2.10. The molecule has 0 unspecified atom stereocenters. The quantitative estimate of drug-likeness (QED) is 0.453. The number of carbonyl (C=O) groups excluding carboxylic acids is 2. The third-order valence-corrected chi connectivity index (χ3v) is 3.24. The minimum absolute atomic E-state index is 0.176. The fourth-order valence-electron chi connectivity index (χ4n) is 2.25. The molecule has 0 bridgehead atoms. The Hall–Kier alpha value is -2.88. The van der Waals surface area contributed by atoms with Crippen molar-refractivity contribution in [3.05, 3.63) is 65.9 Å². The number of aromatic nitrogens is 1. The highest BCUT2D eigenvalue weighted by atomic mass is 16.5. The Labute approximate surface area is 121 Å². The molecule has 4 heteroatoms. The Balaban J connectivity index is 1.75. The summed E-state index contributed by atoms with van der Waals surface area (Å²) in [6.07, 6.45) is 2.71. The Kier molecular flexibility index (Phi) is 3.51. The highest BCUT2D eigenvalue weighted by molar-refractivity contribution is 5.87. The number of aldehydes is 1. The van der Waals surface area contributed by atoms with Gasteiger partial charge in [0, 0.05) is 22.7 Å². The first-order valence-corrected chi connectivity index (χ1v) is 6.57. The van der Waals surface area contributed by atoms with Crippen molar-refractivity contribution in [3.8, 4) is 5.75 Å². The number of H-pyrrole nitrogens is 1. The van der Waals surface area contributed by atoms with E-state index in [0.29, 0.717) is 11.3 Å². The molecule has 0 aliphatic carbocycles. The predicted molar refractivity (Wildman–Crippen MR) is 79.5 cm³/mol. The fraction of sp³-hybridized carbons (Fsp3) is 0.0588. The Morgan fingerprint density at radius 2 is 2.00 bits per heavy atom. The van der Waals surface area contributed by atoms with Crippen molar-refractivity contribution in [2.24, 2.45) is 0 Å². The molecule has 0 aliphatic rings. The number of rotatable bonds is 4. The van der Waals surface area contributed by atoms with E-state index in [9.17, 15) is 9.59 Å². The van der Waals surface area contributed by atoms with Crippen molar-refractivity contribution in [2.75, 3.05) is 0 Å². The van der Waals surface area contributed by atoms with Gasteiger partial charge in [-0.1, -0.05) is 30.3 Å². The Bertz CT molecular complexity index is 804. The summed E-state index contributed by atoms with van der Waals surface area (Å²) in [6.45, 7) is 0.